The number of nitrogens with one attached hydrogen (secondary N) is 2. The molecule has 15 heavy (non-hydrogen) atoms. The lowest BCUT2D eigenvalue weighted by Gasteiger charge is -2.24. The maximum Gasteiger partial charge on any atom is 0.243 e. The van der Waals surface area contributed by atoms with Crippen LogP contribution in [-0.2, 0) is 14.4 Å². The van der Waals surface area contributed by atoms with Crippen LogP contribution >= 0.6 is 0 Å². The van der Waals surface area contributed by atoms with Gasteiger partial charge in [0.2, 0.25) is 17.7 Å². The average Bonchev–Trinajstić information content (AvgIpc) is 2.21. The molecule has 84 valence electrons. The third-order valence-electron chi connectivity index (χ3n) is 2.03. The van der Waals surface area contributed by atoms with E-state index < -0.39 is 0 Å². The fraction of sp³-hybridized carbons (Fsp3) is 0.667. The zero-order chi connectivity index (χ0) is 11.3. The Bertz CT molecular complexity index is 262. The zero-order valence-corrected chi connectivity index (χ0v) is 8.71. The number of rotatable bonds is 4. The second-order valence-electron chi connectivity index (χ2n) is 3.33. The van der Waals surface area contributed by atoms with Crippen molar-refractivity contribution in [2.75, 3.05) is 26.2 Å². The van der Waals surface area contributed by atoms with E-state index in [4.69, 9.17) is 0 Å². The lowest BCUT2D eigenvalue weighted by atomic mass is 10.3. The molecule has 1 heterocycles. The van der Waals surface area contributed by atoms with Crippen LogP contribution in [0.3, 0.4) is 0 Å². The summed E-state index contributed by atoms with van der Waals surface area (Å²) in [5, 5.41) is 5.27. The molecule has 0 saturated carbocycles. The SMILES string of the molecule is CCCNC(=O)CN1C(=O)CNCC1=O. The van der Waals surface area contributed by atoms with Gasteiger partial charge >= 0.3 is 0 Å². The second kappa shape index (κ2) is 5.45. The first kappa shape index (κ1) is 11.6. The van der Waals surface area contributed by atoms with Gasteiger partial charge in [0.15, 0.2) is 0 Å². The number of carbonyl (C=O) groups excluding carboxylic acids is 3. The number of nitrogens with zero attached hydrogens (tertiary/aromatic N) is 1. The smallest absolute Gasteiger partial charge is 0.243 e. The van der Waals surface area contributed by atoms with Crippen LogP contribution in [-0.4, -0.2) is 48.8 Å². The van der Waals surface area contributed by atoms with Gasteiger partial charge in [0.25, 0.3) is 0 Å². The number of amides is 3. The average molecular weight is 213 g/mol. The number of imide groups is 1. The van der Waals surface area contributed by atoms with Gasteiger partial charge in [0.05, 0.1) is 13.1 Å². The van der Waals surface area contributed by atoms with Gasteiger partial charge in [-0.15, -0.1) is 0 Å². The molecule has 0 bridgehead atoms. The zero-order valence-electron chi connectivity index (χ0n) is 8.71. The normalized spacial score (nSPS) is 16.7. The van der Waals surface area contributed by atoms with Gasteiger partial charge in [-0.1, -0.05) is 6.92 Å². The van der Waals surface area contributed by atoms with Crippen molar-refractivity contribution in [2.45, 2.75) is 13.3 Å². The summed E-state index contributed by atoms with van der Waals surface area (Å²) in [6, 6.07) is 0. The van der Waals surface area contributed by atoms with E-state index in [1.807, 2.05) is 6.92 Å². The molecule has 1 aliphatic heterocycles. The molecule has 0 aromatic rings. The Balaban J connectivity index is 2.44. The summed E-state index contributed by atoms with van der Waals surface area (Å²) >= 11 is 0. The fourth-order valence-corrected chi connectivity index (χ4v) is 1.25. The molecule has 3 amide bonds. The first-order valence-electron chi connectivity index (χ1n) is 4.95. The maximum atomic E-state index is 11.3. The molecule has 0 aromatic carbocycles. The minimum Gasteiger partial charge on any atom is -0.355 e. The molecule has 2 N–H and O–H groups in total. The van der Waals surface area contributed by atoms with Crippen LogP contribution in [0, 0.1) is 0 Å². The molecule has 0 spiro atoms. The highest BCUT2D eigenvalue weighted by Gasteiger charge is 2.27. The topological polar surface area (TPSA) is 78.5 Å². The van der Waals surface area contributed by atoms with Gasteiger partial charge in [0.1, 0.15) is 6.54 Å². The van der Waals surface area contributed by atoms with E-state index >= 15 is 0 Å². The van der Waals surface area contributed by atoms with E-state index in [1.54, 1.807) is 0 Å². The van der Waals surface area contributed by atoms with E-state index in [0.29, 0.717) is 6.54 Å². The Morgan fingerprint density at radius 1 is 1.40 bits per heavy atom. The summed E-state index contributed by atoms with van der Waals surface area (Å²) < 4.78 is 0. The molecule has 6 nitrogen and oxygen atoms in total. The summed E-state index contributed by atoms with van der Waals surface area (Å²) in [5.74, 6) is -0.990. The monoisotopic (exact) mass is 213 g/mol. The summed E-state index contributed by atoms with van der Waals surface area (Å²) in [5.41, 5.74) is 0. The predicted molar refractivity (Wildman–Crippen MR) is 52.9 cm³/mol. The van der Waals surface area contributed by atoms with Crippen LogP contribution in [0.5, 0.6) is 0 Å². The molecule has 0 unspecified atom stereocenters. The Hall–Kier alpha value is -1.43. The van der Waals surface area contributed by atoms with Crippen LogP contribution in [0.25, 0.3) is 0 Å². The number of carbonyl (C=O) groups is 3. The lowest BCUT2D eigenvalue weighted by molar-refractivity contribution is -0.149. The molecular weight excluding hydrogens is 198 g/mol. The Labute approximate surface area is 88.0 Å². The highest BCUT2D eigenvalue weighted by molar-refractivity contribution is 6.02. The third kappa shape index (κ3) is 3.32. The second-order valence-corrected chi connectivity index (χ2v) is 3.33. The molecule has 1 fully saturated rings. The van der Waals surface area contributed by atoms with E-state index in [9.17, 15) is 14.4 Å². The number of hydrogen-bond donors (Lipinski definition) is 2. The minimum atomic E-state index is -0.349. The quantitative estimate of drug-likeness (QED) is 0.555. The van der Waals surface area contributed by atoms with Crippen LogP contribution in [0.15, 0.2) is 0 Å². The van der Waals surface area contributed by atoms with Crippen molar-refractivity contribution < 1.29 is 14.4 Å². The van der Waals surface area contributed by atoms with Crippen molar-refractivity contribution in [3.63, 3.8) is 0 Å². The molecule has 0 aromatic heterocycles. The van der Waals surface area contributed by atoms with Crippen LogP contribution < -0.4 is 10.6 Å². The molecule has 6 heteroatoms. The molecular formula is C9H15N3O3. The van der Waals surface area contributed by atoms with E-state index in [0.717, 1.165) is 11.3 Å². The van der Waals surface area contributed by atoms with Gasteiger partial charge in [-0.05, 0) is 6.42 Å². The Kier molecular flexibility index (Phi) is 4.23. The van der Waals surface area contributed by atoms with Crippen LogP contribution in [0.2, 0.25) is 0 Å². The summed E-state index contributed by atoms with van der Waals surface area (Å²) in [6.07, 6.45) is 0.829. The van der Waals surface area contributed by atoms with Gasteiger partial charge in [-0.3, -0.25) is 24.6 Å². The van der Waals surface area contributed by atoms with Crippen molar-refractivity contribution in [3.8, 4) is 0 Å². The van der Waals surface area contributed by atoms with Gasteiger partial charge < -0.3 is 5.32 Å². The fourth-order valence-electron chi connectivity index (χ4n) is 1.25. The van der Waals surface area contributed by atoms with E-state index in [2.05, 4.69) is 10.6 Å². The summed E-state index contributed by atoms with van der Waals surface area (Å²) in [7, 11) is 0. The Morgan fingerprint density at radius 2 is 2.00 bits per heavy atom. The molecule has 0 radical (unpaired) electrons. The van der Waals surface area contributed by atoms with Crippen molar-refractivity contribution in [3.05, 3.63) is 0 Å². The third-order valence-corrected chi connectivity index (χ3v) is 2.03. The largest absolute Gasteiger partial charge is 0.355 e. The number of hydrogen-bond acceptors (Lipinski definition) is 4. The van der Waals surface area contributed by atoms with Crippen LogP contribution in [0.1, 0.15) is 13.3 Å². The molecule has 0 atom stereocenters. The van der Waals surface area contributed by atoms with E-state index in [-0.39, 0.29) is 37.4 Å². The first-order chi connectivity index (χ1) is 7.15. The maximum absolute atomic E-state index is 11.3. The van der Waals surface area contributed by atoms with Gasteiger partial charge in [-0.25, -0.2) is 0 Å². The lowest BCUT2D eigenvalue weighted by Crippen LogP contribution is -2.54. The highest BCUT2D eigenvalue weighted by atomic mass is 16.2. The minimum absolute atomic E-state index is 0.118. The molecule has 0 aliphatic carbocycles. The van der Waals surface area contributed by atoms with Gasteiger partial charge in [-0.2, -0.15) is 0 Å². The van der Waals surface area contributed by atoms with Crippen molar-refractivity contribution >= 4 is 17.7 Å². The standard InChI is InChI=1S/C9H15N3O3/c1-2-3-11-7(13)6-12-8(14)4-10-5-9(12)15/h10H,2-6H2,1H3,(H,11,13). The predicted octanol–water partition coefficient (Wildman–Crippen LogP) is -1.53. The first-order valence-corrected chi connectivity index (χ1v) is 4.95. The summed E-state index contributed by atoms with van der Waals surface area (Å²) in [6.45, 7) is 2.56. The molecule has 1 rings (SSSR count). The van der Waals surface area contributed by atoms with Crippen molar-refractivity contribution in [1.82, 2.24) is 15.5 Å². The summed E-state index contributed by atoms with van der Waals surface area (Å²) in [4.78, 5) is 34.8. The number of piperazine rings is 1. The Morgan fingerprint density at radius 3 is 2.53 bits per heavy atom. The highest BCUT2D eigenvalue weighted by Crippen LogP contribution is 1.95. The van der Waals surface area contributed by atoms with Crippen molar-refractivity contribution in [2.24, 2.45) is 0 Å². The van der Waals surface area contributed by atoms with Crippen LogP contribution in [0.4, 0.5) is 0 Å². The molecule has 1 aliphatic rings. The van der Waals surface area contributed by atoms with Gasteiger partial charge in [0, 0.05) is 6.54 Å². The van der Waals surface area contributed by atoms with E-state index in [1.165, 1.54) is 0 Å². The molecule has 1 saturated heterocycles. The van der Waals surface area contributed by atoms with Crippen molar-refractivity contribution in [1.29, 1.82) is 0 Å².